The van der Waals surface area contributed by atoms with Crippen LogP contribution in [0.1, 0.15) is 38.2 Å². The van der Waals surface area contributed by atoms with Gasteiger partial charge in [0.1, 0.15) is 0 Å². The number of unbranched alkanes of at least 4 members (excludes halogenated alkanes) is 2. The van der Waals surface area contributed by atoms with Gasteiger partial charge in [0, 0.05) is 12.5 Å². The summed E-state index contributed by atoms with van der Waals surface area (Å²) in [6.45, 7) is 2.96. The summed E-state index contributed by atoms with van der Waals surface area (Å²) in [5.41, 5.74) is 0.889. The molecule has 0 spiro atoms. The lowest BCUT2D eigenvalue weighted by molar-refractivity contribution is -0.118. The molecular weight excluding hydrogens is 353 g/mol. The molecule has 0 aliphatic rings. The van der Waals surface area contributed by atoms with Gasteiger partial charge in [-0.05, 0) is 44.3 Å². The lowest BCUT2D eigenvalue weighted by Gasteiger charge is -2.18. The molecule has 0 aliphatic heterocycles. The van der Waals surface area contributed by atoms with E-state index in [0.29, 0.717) is 10.0 Å². The Balaban J connectivity index is 0.00000484. The zero-order chi connectivity index (χ0) is 16.5. The molecule has 0 aromatic heterocycles. The highest BCUT2D eigenvalue weighted by Crippen LogP contribution is 2.23. The number of nitrogens with zero attached hydrogens (tertiary/aromatic N) is 1. The quantitative estimate of drug-likeness (QED) is 0.402. The average molecular weight is 379 g/mol. The van der Waals surface area contributed by atoms with Gasteiger partial charge in [-0.25, -0.2) is 0 Å². The minimum atomic E-state index is 0. The maximum atomic E-state index is 12.4. The Bertz CT molecular complexity index is 515. The topological polar surface area (TPSA) is 20.3 Å². The lowest BCUT2D eigenvalue weighted by atomic mass is 9.95. The van der Waals surface area contributed by atoms with Gasteiger partial charge in [0.05, 0.1) is 10.0 Å². The van der Waals surface area contributed by atoms with Gasteiger partial charge in [-0.3, -0.25) is 4.79 Å². The second-order valence-electron chi connectivity index (χ2n) is 5.86. The van der Waals surface area contributed by atoms with Gasteiger partial charge in [0.25, 0.3) is 0 Å². The Morgan fingerprint density at radius 3 is 2.48 bits per heavy atom. The fraction of sp³-hybridized carbons (Fsp3) is 0.500. The first-order valence-corrected chi connectivity index (χ1v) is 8.51. The van der Waals surface area contributed by atoms with Crippen molar-refractivity contribution in [3.8, 4) is 0 Å². The van der Waals surface area contributed by atoms with Crippen LogP contribution in [-0.4, -0.2) is 31.3 Å². The highest BCUT2D eigenvalue weighted by molar-refractivity contribution is 6.42. The van der Waals surface area contributed by atoms with Crippen molar-refractivity contribution >= 4 is 47.5 Å². The second kappa shape index (κ2) is 11.9. The third-order valence-electron chi connectivity index (χ3n) is 3.53. The predicted octanol–water partition coefficient (Wildman–Crippen LogP) is 5.76. The molecule has 0 bridgehead atoms. The maximum Gasteiger partial charge on any atom is 0.160 e. The van der Waals surface area contributed by atoms with Crippen LogP contribution >= 0.6 is 35.6 Å². The average Bonchev–Trinajstić information content (AvgIpc) is 2.47. The summed E-state index contributed by atoms with van der Waals surface area (Å²) in [6, 6.07) is 5.37. The first-order valence-electron chi connectivity index (χ1n) is 7.75. The first kappa shape index (κ1) is 22.5. The zero-order valence-electron chi connectivity index (χ0n) is 14.0. The fourth-order valence-corrected chi connectivity index (χ4v) is 2.64. The Morgan fingerprint density at radius 1 is 1.22 bits per heavy atom. The molecule has 1 aromatic rings. The van der Waals surface area contributed by atoms with Crippen molar-refractivity contribution in [1.82, 2.24) is 4.90 Å². The standard InChI is InChI=1S/C18H25Cl2NO.ClH/c1-4-5-6-7-15(13-21(2)3)18(22)11-9-14-8-10-16(19)17(20)12-14;/h8-12,15H,4-7,13H2,1-3H3;1H. The molecule has 23 heavy (non-hydrogen) atoms. The molecule has 130 valence electrons. The largest absolute Gasteiger partial charge is 0.309 e. The van der Waals surface area contributed by atoms with Crippen LogP contribution in [0.4, 0.5) is 0 Å². The summed E-state index contributed by atoms with van der Waals surface area (Å²) in [5, 5.41) is 1.03. The van der Waals surface area contributed by atoms with Crippen LogP contribution in [0.15, 0.2) is 24.3 Å². The Hall–Kier alpha value is -0.540. The molecular formula is C18H26Cl3NO. The van der Waals surface area contributed by atoms with Crippen LogP contribution in [0.25, 0.3) is 6.08 Å². The highest BCUT2D eigenvalue weighted by Gasteiger charge is 2.16. The third-order valence-corrected chi connectivity index (χ3v) is 4.27. The Morgan fingerprint density at radius 2 is 1.91 bits per heavy atom. The number of allylic oxidation sites excluding steroid dienone is 1. The van der Waals surface area contributed by atoms with Crippen LogP contribution in [0.3, 0.4) is 0 Å². The predicted molar refractivity (Wildman–Crippen MR) is 104 cm³/mol. The number of hydrogen-bond acceptors (Lipinski definition) is 2. The lowest BCUT2D eigenvalue weighted by Crippen LogP contribution is -2.27. The van der Waals surface area contributed by atoms with Crippen molar-refractivity contribution in [2.24, 2.45) is 5.92 Å². The van der Waals surface area contributed by atoms with E-state index in [1.807, 2.05) is 26.2 Å². The summed E-state index contributed by atoms with van der Waals surface area (Å²) < 4.78 is 0. The van der Waals surface area contributed by atoms with Crippen LogP contribution in [-0.2, 0) is 4.79 Å². The summed E-state index contributed by atoms with van der Waals surface area (Å²) in [6.07, 6.45) is 7.86. The van der Waals surface area contributed by atoms with E-state index in [0.717, 1.165) is 24.9 Å². The third kappa shape index (κ3) is 8.76. The number of ketones is 1. The van der Waals surface area contributed by atoms with Crippen LogP contribution in [0, 0.1) is 5.92 Å². The van der Waals surface area contributed by atoms with Crippen molar-refractivity contribution in [2.45, 2.75) is 32.6 Å². The molecule has 1 aromatic carbocycles. The molecule has 0 aliphatic carbocycles. The SMILES string of the molecule is CCCCCC(CN(C)C)C(=O)C=Cc1ccc(Cl)c(Cl)c1.Cl. The molecule has 1 rings (SSSR count). The van der Waals surface area contributed by atoms with Gasteiger partial charge in [-0.15, -0.1) is 12.4 Å². The number of rotatable bonds is 9. The van der Waals surface area contributed by atoms with Crippen molar-refractivity contribution in [2.75, 3.05) is 20.6 Å². The van der Waals surface area contributed by atoms with E-state index in [2.05, 4.69) is 11.8 Å². The monoisotopic (exact) mass is 377 g/mol. The van der Waals surface area contributed by atoms with Crippen LogP contribution in [0.5, 0.6) is 0 Å². The number of hydrogen-bond donors (Lipinski definition) is 0. The van der Waals surface area contributed by atoms with Crippen molar-refractivity contribution < 1.29 is 4.79 Å². The van der Waals surface area contributed by atoms with Crippen LogP contribution < -0.4 is 0 Å². The van der Waals surface area contributed by atoms with E-state index in [1.165, 1.54) is 12.8 Å². The number of benzene rings is 1. The number of halogens is 3. The van der Waals surface area contributed by atoms with Gasteiger partial charge in [-0.1, -0.05) is 61.5 Å². The molecule has 1 atom stereocenters. The smallest absolute Gasteiger partial charge is 0.160 e. The Kier molecular flexibility index (Phi) is 11.6. The molecule has 1 unspecified atom stereocenters. The molecule has 0 saturated heterocycles. The molecule has 0 heterocycles. The minimum absolute atomic E-state index is 0. The van der Waals surface area contributed by atoms with Gasteiger partial charge in [0.15, 0.2) is 5.78 Å². The molecule has 0 radical (unpaired) electrons. The van der Waals surface area contributed by atoms with E-state index >= 15 is 0 Å². The molecule has 0 N–H and O–H groups in total. The van der Waals surface area contributed by atoms with Gasteiger partial charge in [-0.2, -0.15) is 0 Å². The second-order valence-corrected chi connectivity index (χ2v) is 6.68. The fourth-order valence-electron chi connectivity index (χ4n) is 2.34. The van der Waals surface area contributed by atoms with E-state index < -0.39 is 0 Å². The summed E-state index contributed by atoms with van der Waals surface area (Å²) in [7, 11) is 4.01. The maximum absolute atomic E-state index is 12.4. The molecule has 0 saturated carbocycles. The number of carbonyl (C=O) groups excluding carboxylic acids is 1. The molecule has 2 nitrogen and oxygen atoms in total. The normalized spacial score (nSPS) is 12.4. The molecule has 5 heteroatoms. The van der Waals surface area contributed by atoms with Gasteiger partial charge >= 0.3 is 0 Å². The van der Waals surface area contributed by atoms with Gasteiger partial charge in [0.2, 0.25) is 0 Å². The first-order chi connectivity index (χ1) is 10.4. The van der Waals surface area contributed by atoms with Crippen molar-refractivity contribution in [3.05, 3.63) is 39.9 Å². The molecule has 0 amide bonds. The van der Waals surface area contributed by atoms with E-state index in [4.69, 9.17) is 23.2 Å². The summed E-state index contributed by atoms with van der Waals surface area (Å²) >= 11 is 11.9. The summed E-state index contributed by atoms with van der Waals surface area (Å²) in [4.78, 5) is 14.5. The summed E-state index contributed by atoms with van der Waals surface area (Å²) in [5.74, 6) is 0.233. The number of carbonyl (C=O) groups is 1. The van der Waals surface area contributed by atoms with Crippen molar-refractivity contribution in [1.29, 1.82) is 0 Å². The minimum Gasteiger partial charge on any atom is -0.309 e. The van der Waals surface area contributed by atoms with E-state index in [9.17, 15) is 4.79 Å². The molecule has 0 fully saturated rings. The van der Waals surface area contributed by atoms with Crippen molar-refractivity contribution in [3.63, 3.8) is 0 Å². The van der Waals surface area contributed by atoms with E-state index in [-0.39, 0.29) is 24.1 Å². The Labute approximate surface area is 156 Å². The zero-order valence-corrected chi connectivity index (χ0v) is 16.3. The van der Waals surface area contributed by atoms with Gasteiger partial charge < -0.3 is 4.90 Å². The highest BCUT2D eigenvalue weighted by atomic mass is 35.5. The van der Waals surface area contributed by atoms with E-state index in [1.54, 1.807) is 18.2 Å². The van der Waals surface area contributed by atoms with Crippen LogP contribution in [0.2, 0.25) is 10.0 Å².